The standard InChI is InChI=1S/C18H22O4Si/c1-20-15-16(19)18(17(15)21-2,22-23(3,4)5)13-9-12-14-10-7-6-8-11-14/h6-8,10-11H,12H2,1-5H3. The zero-order chi connectivity index (χ0) is 17.1. The van der Waals surface area contributed by atoms with Gasteiger partial charge in [0.25, 0.3) is 5.78 Å². The molecule has 1 aromatic carbocycles. The molecule has 0 N–H and O–H groups in total. The molecule has 1 aromatic rings. The van der Waals surface area contributed by atoms with Gasteiger partial charge in [-0.3, -0.25) is 4.79 Å². The molecule has 0 saturated carbocycles. The van der Waals surface area contributed by atoms with E-state index in [2.05, 4.69) is 11.8 Å². The minimum atomic E-state index is -2.03. The van der Waals surface area contributed by atoms with E-state index in [-0.39, 0.29) is 11.5 Å². The maximum absolute atomic E-state index is 12.5. The summed E-state index contributed by atoms with van der Waals surface area (Å²) in [5, 5.41) is 0. The SMILES string of the molecule is COC1=C(OC)C(C#CCc2ccccc2)(O[Si](C)(C)C)C1=O. The van der Waals surface area contributed by atoms with Crippen LogP contribution in [0.15, 0.2) is 41.9 Å². The van der Waals surface area contributed by atoms with Gasteiger partial charge in [0.1, 0.15) is 0 Å². The molecule has 122 valence electrons. The van der Waals surface area contributed by atoms with Crippen molar-refractivity contribution >= 4 is 14.1 Å². The van der Waals surface area contributed by atoms with Gasteiger partial charge in [-0.05, 0) is 25.2 Å². The van der Waals surface area contributed by atoms with Gasteiger partial charge in [0.15, 0.2) is 14.1 Å². The summed E-state index contributed by atoms with van der Waals surface area (Å²) in [5.41, 5.74) is -0.232. The van der Waals surface area contributed by atoms with Crippen LogP contribution in [-0.2, 0) is 25.1 Å². The lowest BCUT2D eigenvalue weighted by Gasteiger charge is -2.40. The Balaban J connectivity index is 2.34. The van der Waals surface area contributed by atoms with Crippen LogP contribution in [0.25, 0.3) is 0 Å². The van der Waals surface area contributed by atoms with Crippen LogP contribution in [0, 0.1) is 11.8 Å². The third kappa shape index (κ3) is 3.49. The van der Waals surface area contributed by atoms with Crippen LogP contribution >= 0.6 is 0 Å². The first-order chi connectivity index (χ1) is 10.8. The first kappa shape index (κ1) is 17.3. The molecule has 0 spiro atoms. The summed E-state index contributed by atoms with van der Waals surface area (Å²) >= 11 is 0. The fourth-order valence-electron chi connectivity index (χ4n) is 2.44. The largest absolute Gasteiger partial charge is 0.493 e. The molecule has 0 aliphatic heterocycles. The van der Waals surface area contributed by atoms with Gasteiger partial charge in [-0.2, -0.15) is 0 Å². The smallest absolute Gasteiger partial charge is 0.252 e. The molecule has 23 heavy (non-hydrogen) atoms. The Kier molecular flexibility index (Phi) is 4.98. The maximum Gasteiger partial charge on any atom is 0.252 e. The van der Waals surface area contributed by atoms with Crippen LogP contribution < -0.4 is 0 Å². The first-order valence-corrected chi connectivity index (χ1v) is 10.9. The van der Waals surface area contributed by atoms with E-state index in [4.69, 9.17) is 13.9 Å². The third-order valence-corrected chi connectivity index (χ3v) is 4.24. The second kappa shape index (κ2) is 6.61. The van der Waals surface area contributed by atoms with E-state index in [1.165, 1.54) is 14.2 Å². The zero-order valence-corrected chi connectivity index (χ0v) is 15.2. The van der Waals surface area contributed by atoms with E-state index < -0.39 is 13.9 Å². The summed E-state index contributed by atoms with van der Waals surface area (Å²) in [6.45, 7) is 6.04. The number of benzene rings is 1. The van der Waals surface area contributed by atoms with Crippen molar-refractivity contribution in [3.8, 4) is 11.8 Å². The van der Waals surface area contributed by atoms with Gasteiger partial charge < -0.3 is 13.9 Å². The normalized spacial score (nSPS) is 20.5. The highest BCUT2D eigenvalue weighted by Crippen LogP contribution is 2.40. The lowest BCUT2D eigenvalue weighted by molar-refractivity contribution is -0.137. The molecule has 0 saturated heterocycles. The predicted molar refractivity (Wildman–Crippen MR) is 91.1 cm³/mol. The lowest BCUT2D eigenvalue weighted by Crippen LogP contribution is -2.57. The van der Waals surface area contributed by atoms with Crippen molar-refractivity contribution in [3.63, 3.8) is 0 Å². The second-order valence-electron chi connectivity index (χ2n) is 6.26. The van der Waals surface area contributed by atoms with Crippen LogP contribution in [0.4, 0.5) is 0 Å². The molecule has 0 radical (unpaired) electrons. The fourth-order valence-corrected chi connectivity index (χ4v) is 3.60. The molecule has 0 amide bonds. The number of carbonyl (C=O) groups is 1. The van der Waals surface area contributed by atoms with Crippen molar-refractivity contribution in [2.75, 3.05) is 14.2 Å². The molecule has 4 nitrogen and oxygen atoms in total. The van der Waals surface area contributed by atoms with Crippen molar-refractivity contribution < 1.29 is 18.7 Å². The van der Waals surface area contributed by atoms with Crippen LogP contribution in [-0.4, -0.2) is 33.9 Å². The number of rotatable bonds is 5. The summed E-state index contributed by atoms with van der Waals surface area (Å²) in [6.07, 6.45) is 0.546. The molecule has 1 aliphatic carbocycles. The van der Waals surface area contributed by atoms with Gasteiger partial charge in [-0.15, -0.1) is 0 Å². The quantitative estimate of drug-likeness (QED) is 0.615. The Morgan fingerprint density at radius 3 is 2.26 bits per heavy atom. The summed E-state index contributed by atoms with van der Waals surface area (Å²) in [4.78, 5) is 12.5. The fraction of sp³-hybridized carbons (Fsp3) is 0.389. The third-order valence-electron chi connectivity index (χ3n) is 3.32. The zero-order valence-electron chi connectivity index (χ0n) is 14.2. The van der Waals surface area contributed by atoms with Gasteiger partial charge >= 0.3 is 0 Å². The number of ether oxygens (including phenoxy) is 2. The maximum atomic E-state index is 12.5. The topological polar surface area (TPSA) is 44.8 Å². The Labute approximate surface area is 138 Å². The number of carbonyl (C=O) groups excluding carboxylic acids is 1. The number of hydrogen-bond donors (Lipinski definition) is 0. The van der Waals surface area contributed by atoms with Crippen molar-refractivity contribution in [1.82, 2.24) is 0 Å². The molecule has 1 atom stereocenters. The highest BCUT2D eigenvalue weighted by atomic mass is 28.4. The number of Topliss-reactive ketones (excluding diaryl/α,β-unsaturated/α-hetero) is 1. The molecule has 0 fully saturated rings. The molecule has 0 heterocycles. The number of hydrogen-bond acceptors (Lipinski definition) is 4. The Hall–Kier alpha value is -2.03. The van der Waals surface area contributed by atoms with Gasteiger partial charge in [-0.25, -0.2) is 0 Å². The van der Waals surface area contributed by atoms with Crippen LogP contribution in [0.3, 0.4) is 0 Å². The van der Waals surface area contributed by atoms with E-state index in [9.17, 15) is 4.79 Å². The predicted octanol–water partition coefficient (Wildman–Crippen LogP) is 2.91. The molecular formula is C18H22O4Si. The average Bonchev–Trinajstić information content (AvgIpc) is 2.50. The first-order valence-electron chi connectivity index (χ1n) is 7.45. The highest BCUT2D eigenvalue weighted by molar-refractivity contribution is 6.70. The van der Waals surface area contributed by atoms with Crippen molar-refractivity contribution in [2.24, 2.45) is 0 Å². The summed E-state index contributed by atoms with van der Waals surface area (Å²) < 4.78 is 16.6. The number of methoxy groups -OCH3 is 2. The van der Waals surface area contributed by atoms with Crippen LogP contribution in [0.2, 0.25) is 19.6 Å². The summed E-state index contributed by atoms with van der Waals surface area (Å²) in [7, 11) is 0.922. The molecular weight excluding hydrogens is 308 g/mol. The summed E-state index contributed by atoms with van der Waals surface area (Å²) in [6, 6.07) is 9.87. The number of ketones is 1. The molecule has 0 aromatic heterocycles. The highest BCUT2D eigenvalue weighted by Gasteiger charge is 2.59. The minimum absolute atomic E-state index is 0.194. The molecule has 1 unspecified atom stereocenters. The van der Waals surface area contributed by atoms with Crippen LogP contribution in [0.1, 0.15) is 5.56 Å². The molecule has 1 aliphatic rings. The van der Waals surface area contributed by atoms with E-state index in [1.54, 1.807) is 0 Å². The Bertz CT molecular complexity index is 676. The average molecular weight is 330 g/mol. The molecule has 0 bridgehead atoms. The van der Waals surface area contributed by atoms with Crippen molar-refractivity contribution in [2.45, 2.75) is 31.7 Å². The van der Waals surface area contributed by atoms with Gasteiger partial charge in [-0.1, -0.05) is 42.2 Å². The summed E-state index contributed by atoms with van der Waals surface area (Å²) in [5.74, 6) is 6.36. The Morgan fingerprint density at radius 2 is 1.74 bits per heavy atom. The van der Waals surface area contributed by atoms with Crippen molar-refractivity contribution in [1.29, 1.82) is 0 Å². The van der Waals surface area contributed by atoms with E-state index in [1.807, 2.05) is 50.0 Å². The minimum Gasteiger partial charge on any atom is -0.493 e. The second-order valence-corrected chi connectivity index (χ2v) is 10.7. The molecule has 5 heteroatoms. The van der Waals surface area contributed by atoms with Gasteiger partial charge in [0.05, 0.1) is 14.2 Å². The molecule has 2 rings (SSSR count). The monoisotopic (exact) mass is 330 g/mol. The van der Waals surface area contributed by atoms with Gasteiger partial charge in [0, 0.05) is 6.42 Å². The van der Waals surface area contributed by atoms with Crippen molar-refractivity contribution in [3.05, 3.63) is 47.4 Å². The Morgan fingerprint density at radius 1 is 1.09 bits per heavy atom. The lowest BCUT2D eigenvalue weighted by atomic mass is 9.83. The van der Waals surface area contributed by atoms with Gasteiger partial charge in [0.2, 0.25) is 11.4 Å². The van der Waals surface area contributed by atoms with E-state index in [0.29, 0.717) is 12.2 Å². The van der Waals surface area contributed by atoms with E-state index in [0.717, 1.165) is 5.56 Å². The van der Waals surface area contributed by atoms with E-state index >= 15 is 0 Å². The van der Waals surface area contributed by atoms with Crippen LogP contribution in [0.5, 0.6) is 0 Å².